The molecule has 3 rings (SSSR count). The predicted octanol–water partition coefficient (Wildman–Crippen LogP) is 2.80. The number of hydrogen-bond donors (Lipinski definition) is 1. The lowest BCUT2D eigenvalue weighted by Gasteiger charge is -2.07. The Labute approximate surface area is 112 Å². The minimum atomic E-state index is 0.808. The molecule has 0 saturated heterocycles. The summed E-state index contributed by atoms with van der Waals surface area (Å²) >= 11 is 0. The summed E-state index contributed by atoms with van der Waals surface area (Å²) in [6.07, 6.45) is 3.99. The lowest BCUT2D eigenvalue weighted by Crippen LogP contribution is -2.05. The lowest BCUT2D eigenvalue weighted by molar-refractivity contribution is 0.784. The van der Waals surface area contributed by atoms with E-state index in [1.807, 2.05) is 13.4 Å². The van der Waals surface area contributed by atoms with Gasteiger partial charge in [-0.05, 0) is 23.4 Å². The minimum Gasteiger partial charge on any atom is -0.333 e. The summed E-state index contributed by atoms with van der Waals surface area (Å²) in [4.78, 5) is 4.38. The summed E-state index contributed by atoms with van der Waals surface area (Å²) in [5, 5.41) is 5.72. The number of nitrogens with zero attached hydrogens (tertiary/aromatic N) is 2. The number of imidazole rings is 1. The molecule has 0 spiro atoms. The van der Waals surface area contributed by atoms with Gasteiger partial charge in [0.2, 0.25) is 0 Å². The van der Waals surface area contributed by atoms with Crippen LogP contribution in [-0.2, 0) is 13.1 Å². The van der Waals surface area contributed by atoms with E-state index in [1.165, 1.54) is 16.3 Å². The molecule has 0 amide bonds. The molecule has 0 fully saturated rings. The van der Waals surface area contributed by atoms with Crippen molar-refractivity contribution < 1.29 is 0 Å². The fourth-order valence-corrected chi connectivity index (χ4v) is 2.39. The Kier molecular flexibility index (Phi) is 3.29. The van der Waals surface area contributed by atoms with E-state index < -0.39 is 0 Å². The fourth-order valence-electron chi connectivity index (χ4n) is 2.39. The van der Waals surface area contributed by atoms with Gasteiger partial charge in [0.25, 0.3) is 0 Å². The van der Waals surface area contributed by atoms with E-state index in [-0.39, 0.29) is 0 Å². The van der Waals surface area contributed by atoms with E-state index in [0.717, 1.165) is 18.8 Å². The van der Waals surface area contributed by atoms with Crippen molar-refractivity contribution in [2.75, 3.05) is 7.05 Å². The molecule has 1 heterocycles. The molecule has 0 atom stereocenters. The van der Waals surface area contributed by atoms with Crippen molar-refractivity contribution in [3.8, 4) is 0 Å². The molecule has 0 unspecified atom stereocenters. The number of benzene rings is 2. The maximum atomic E-state index is 4.38. The molecule has 96 valence electrons. The molecule has 3 heteroatoms. The summed E-state index contributed by atoms with van der Waals surface area (Å²) in [7, 11) is 1.93. The molecule has 2 aromatic carbocycles. The maximum absolute atomic E-state index is 4.38. The Balaban J connectivity index is 1.92. The van der Waals surface area contributed by atoms with Crippen molar-refractivity contribution in [1.82, 2.24) is 14.9 Å². The smallest absolute Gasteiger partial charge is 0.0953 e. The summed E-state index contributed by atoms with van der Waals surface area (Å²) < 4.78 is 2.13. The van der Waals surface area contributed by atoms with Gasteiger partial charge in [-0.15, -0.1) is 0 Å². The molecular weight excluding hydrogens is 234 g/mol. The van der Waals surface area contributed by atoms with E-state index in [9.17, 15) is 0 Å². The molecule has 0 aliphatic heterocycles. The standard InChI is InChI=1S/C16H17N3/c1-17-9-15-11-19(12-18-15)10-14-7-4-6-13-5-2-3-8-16(13)14/h2-8,11-12,17H,9-10H2,1H3. The van der Waals surface area contributed by atoms with Gasteiger partial charge in [-0.2, -0.15) is 0 Å². The van der Waals surface area contributed by atoms with E-state index in [1.54, 1.807) is 0 Å². The van der Waals surface area contributed by atoms with Crippen LogP contribution in [0, 0.1) is 0 Å². The number of rotatable bonds is 4. The molecule has 0 radical (unpaired) electrons. The van der Waals surface area contributed by atoms with Crippen LogP contribution < -0.4 is 5.32 Å². The zero-order chi connectivity index (χ0) is 13.1. The Bertz CT molecular complexity index is 680. The van der Waals surface area contributed by atoms with Gasteiger partial charge in [-0.3, -0.25) is 0 Å². The third-order valence-corrected chi connectivity index (χ3v) is 3.28. The van der Waals surface area contributed by atoms with Gasteiger partial charge in [0, 0.05) is 19.3 Å². The molecule has 0 saturated carbocycles. The summed E-state index contributed by atoms with van der Waals surface area (Å²) in [5.74, 6) is 0. The van der Waals surface area contributed by atoms with Crippen molar-refractivity contribution in [2.24, 2.45) is 0 Å². The molecular formula is C16H17N3. The Morgan fingerprint density at radius 1 is 1.11 bits per heavy atom. The van der Waals surface area contributed by atoms with E-state index >= 15 is 0 Å². The first-order chi connectivity index (χ1) is 9.36. The van der Waals surface area contributed by atoms with Crippen molar-refractivity contribution in [3.63, 3.8) is 0 Å². The average Bonchev–Trinajstić information content (AvgIpc) is 2.87. The van der Waals surface area contributed by atoms with Crippen LogP contribution in [0.3, 0.4) is 0 Å². The average molecular weight is 251 g/mol. The van der Waals surface area contributed by atoms with Crippen LogP contribution in [0.15, 0.2) is 55.0 Å². The second-order valence-corrected chi connectivity index (χ2v) is 4.71. The summed E-state index contributed by atoms with van der Waals surface area (Å²) in [6, 6.07) is 14.9. The van der Waals surface area contributed by atoms with Gasteiger partial charge in [-0.25, -0.2) is 4.98 Å². The number of hydrogen-bond acceptors (Lipinski definition) is 2. The summed E-state index contributed by atoms with van der Waals surface area (Å²) in [6.45, 7) is 1.67. The molecule has 0 aliphatic rings. The number of nitrogens with one attached hydrogen (secondary N) is 1. The number of aromatic nitrogens is 2. The normalized spacial score (nSPS) is 11.0. The molecule has 3 aromatic rings. The Morgan fingerprint density at radius 2 is 1.95 bits per heavy atom. The van der Waals surface area contributed by atoms with Crippen LogP contribution in [-0.4, -0.2) is 16.6 Å². The van der Waals surface area contributed by atoms with Gasteiger partial charge >= 0.3 is 0 Å². The molecule has 19 heavy (non-hydrogen) atoms. The first-order valence-corrected chi connectivity index (χ1v) is 6.49. The van der Waals surface area contributed by atoms with Gasteiger partial charge in [0.15, 0.2) is 0 Å². The van der Waals surface area contributed by atoms with Crippen LogP contribution in [0.25, 0.3) is 10.8 Å². The van der Waals surface area contributed by atoms with E-state index in [4.69, 9.17) is 0 Å². The van der Waals surface area contributed by atoms with Crippen LogP contribution in [0.5, 0.6) is 0 Å². The fraction of sp³-hybridized carbons (Fsp3) is 0.188. The first kappa shape index (κ1) is 11.9. The lowest BCUT2D eigenvalue weighted by atomic mass is 10.0. The van der Waals surface area contributed by atoms with Crippen LogP contribution >= 0.6 is 0 Å². The first-order valence-electron chi connectivity index (χ1n) is 6.49. The molecule has 1 aromatic heterocycles. The quantitative estimate of drug-likeness (QED) is 0.772. The zero-order valence-corrected chi connectivity index (χ0v) is 11.0. The van der Waals surface area contributed by atoms with Crippen molar-refractivity contribution in [1.29, 1.82) is 0 Å². The molecule has 0 bridgehead atoms. The largest absolute Gasteiger partial charge is 0.333 e. The topological polar surface area (TPSA) is 29.9 Å². The van der Waals surface area contributed by atoms with Crippen LogP contribution in [0.1, 0.15) is 11.3 Å². The Hall–Kier alpha value is -2.13. The van der Waals surface area contributed by atoms with Crippen molar-refractivity contribution >= 4 is 10.8 Å². The van der Waals surface area contributed by atoms with E-state index in [2.05, 4.69) is 63.5 Å². The predicted molar refractivity (Wildman–Crippen MR) is 78.0 cm³/mol. The second-order valence-electron chi connectivity index (χ2n) is 4.71. The van der Waals surface area contributed by atoms with Gasteiger partial charge in [0.05, 0.1) is 12.0 Å². The second kappa shape index (κ2) is 5.24. The highest BCUT2D eigenvalue weighted by molar-refractivity contribution is 5.85. The monoisotopic (exact) mass is 251 g/mol. The third kappa shape index (κ3) is 2.51. The molecule has 1 N–H and O–H groups in total. The Morgan fingerprint density at radius 3 is 2.84 bits per heavy atom. The van der Waals surface area contributed by atoms with Gasteiger partial charge in [-0.1, -0.05) is 42.5 Å². The summed E-state index contributed by atoms with van der Waals surface area (Å²) in [5.41, 5.74) is 2.40. The zero-order valence-electron chi connectivity index (χ0n) is 11.0. The highest BCUT2D eigenvalue weighted by atomic mass is 15.0. The maximum Gasteiger partial charge on any atom is 0.0953 e. The highest BCUT2D eigenvalue weighted by Gasteiger charge is 2.02. The SMILES string of the molecule is CNCc1cn(Cc2cccc3ccccc23)cn1. The van der Waals surface area contributed by atoms with Crippen molar-refractivity contribution in [3.05, 3.63) is 66.2 Å². The molecule has 0 aliphatic carbocycles. The van der Waals surface area contributed by atoms with Gasteiger partial charge in [0.1, 0.15) is 0 Å². The van der Waals surface area contributed by atoms with E-state index in [0.29, 0.717) is 0 Å². The molecule has 3 nitrogen and oxygen atoms in total. The van der Waals surface area contributed by atoms with Crippen LogP contribution in [0.2, 0.25) is 0 Å². The van der Waals surface area contributed by atoms with Crippen molar-refractivity contribution in [2.45, 2.75) is 13.1 Å². The van der Waals surface area contributed by atoms with Gasteiger partial charge < -0.3 is 9.88 Å². The minimum absolute atomic E-state index is 0.808. The van der Waals surface area contributed by atoms with Crippen LogP contribution in [0.4, 0.5) is 0 Å². The number of fused-ring (bicyclic) bond motifs is 1. The third-order valence-electron chi connectivity index (χ3n) is 3.28. The highest BCUT2D eigenvalue weighted by Crippen LogP contribution is 2.19.